The number of Topliss-reactive ketones (excluding diaryl/α,β-unsaturated/α-hetero) is 1. The van der Waals surface area contributed by atoms with E-state index in [2.05, 4.69) is 0 Å². The normalized spacial score (nSPS) is 23.8. The van der Waals surface area contributed by atoms with E-state index in [4.69, 9.17) is 9.47 Å². The van der Waals surface area contributed by atoms with Crippen LogP contribution in [0.1, 0.15) is 42.4 Å². The van der Waals surface area contributed by atoms with Gasteiger partial charge in [0.25, 0.3) is 0 Å². The summed E-state index contributed by atoms with van der Waals surface area (Å²) in [6, 6.07) is 19.4. The van der Waals surface area contributed by atoms with Crippen molar-refractivity contribution in [2.24, 2.45) is 17.8 Å². The molecule has 1 aliphatic heterocycles. The molecule has 3 aliphatic carbocycles. The van der Waals surface area contributed by atoms with Gasteiger partial charge in [-0.3, -0.25) is 24.1 Å². The van der Waals surface area contributed by atoms with Gasteiger partial charge in [-0.1, -0.05) is 48.1 Å². The number of carbonyl (C=O) groups excluding carboxylic acids is 4. The molecular weight excluding hydrogens is 594 g/mol. The maximum atomic E-state index is 14.2. The highest BCUT2D eigenvalue weighted by Gasteiger charge is 2.56. The Labute approximate surface area is 272 Å². The highest BCUT2D eigenvalue weighted by Crippen LogP contribution is 2.55. The Morgan fingerprint density at radius 3 is 2.38 bits per heavy atom. The molecule has 8 heteroatoms. The second-order valence-corrected chi connectivity index (χ2v) is 12.4. The Hall–Kier alpha value is -5.50. The van der Waals surface area contributed by atoms with Crippen LogP contribution in [0, 0.1) is 17.8 Å². The predicted octanol–water partition coefficient (Wildman–Crippen LogP) is 6.21. The lowest BCUT2D eigenvalue weighted by Crippen LogP contribution is -2.39. The number of nitrogens with zero attached hydrogens (tertiary/aromatic N) is 1. The second-order valence-electron chi connectivity index (χ2n) is 12.4. The fourth-order valence-electron chi connectivity index (χ4n) is 7.59. The Balaban J connectivity index is 1.20. The van der Waals surface area contributed by atoms with Crippen molar-refractivity contribution in [3.8, 4) is 17.2 Å². The molecule has 1 heterocycles. The van der Waals surface area contributed by atoms with Gasteiger partial charge in [0.1, 0.15) is 17.2 Å². The van der Waals surface area contributed by atoms with E-state index >= 15 is 0 Å². The number of amides is 2. The fraction of sp³-hybridized carbons (Fsp3) is 0.231. The average molecular weight is 628 g/mol. The summed E-state index contributed by atoms with van der Waals surface area (Å²) in [6.07, 6.45) is 7.71. The maximum absolute atomic E-state index is 14.2. The van der Waals surface area contributed by atoms with E-state index in [0.29, 0.717) is 45.9 Å². The Bertz CT molecular complexity index is 1980. The van der Waals surface area contributed by atoms with Crippen LogP contribution in [-0.2, 0) is 19.2 Å². The Kier molecular flexibility index (Phi) is 7.51. The first-order valence-corrected chi connectivity index (χ1v) is 15.6. The highest BCUT2D eigenvalue weighted by atomic mass is 16.5. The summed E-state index contributed by atoms with van der Waals surface area (Å²) >= 11 is 0. The third-order valence-corrected chi connectivity index (χ3v) is 9.81. The maximum Gasteiger partial charge on any atom is 0.238 e. The first-order valence-electron chi connectivity index (χ1n) is 15.6. The van der Waals surface area contributed by atoms with Crippen molar-refractivity contribution in [1.29, 1.82) is 0 Å². The molecule has 2 amide bonds. The van der Waals surface area contributed by atoms with E-state index in [-0.39, 0.29) is 35.6 Å². The van der Waals surface area contributed by atoms with Gasteiger partial charge in [0.05, 0.1) is 31.7 Å². The quantitative estimate of drug-likeness (QED) is 0.150. The van der Waals surface area contributed by atoms with E-state index in [1.165, 1.54) is 11.0 Å². The van der Waals surface area contributed by atoms with E-state index in [1.807, 2.05) is 54.6 Å². The lowest BCUT2D eigenvalue weighted by molar-refractivity contribution is -0.123. The van der Waals surface area contributed by atoms with E-state index < -0.39 is 23.7 Å². The van der Waals surface area contributed by atoms with Gasteiger partial charge in [-0.15, -0.1) is 0 Å². The van der Waals surface area contributed by atoms with Gasteiger partial charge >= 0.3 is 0 Å². The molecular formula is C39H33NO7. The number of hydrogen-bond donors (Lipinski definition) is 1. The number of allylic oxidation sites excluding steroid dienone is 6. The van der Waals surface area contributed by atoms with Crippen molar-refractivity contribution in [3.63, 3.8) is 0 Å². The number of rotatable bonds is 6. The summed E-state index contributed by atoms with van der Waals surface area (Å²) in [4.78, 5) is 56.2. The molecule has 1 fully saturated rings. The van der Waals surface area contributed by atoms with Gasteiger partial charge in [-0.2, -0.15) is 0 Å². The fourth-order valence-corrected chi connectivity index (χ4v) is 7.59. The van der Waals surface area contributed by atoms with Crippen LogP contribution in [0.5, 0.6) is 17.2 Å². The van der Waals surface area contributed by atoms with Crippen LogP contribution in [0.15, 0.2) is 101 Å². The van der Waals surface area contributed by atoms with Crippen molar-refractivity contribution in [2.75, 3.05) is 19.1 Å². The molecule has 47 heavy (non-hydrogen) atoms. The van der Waals surface area contributed by atoms with Gasteiger partial charge in [-0.25, -0.2) is 0 Å². The number of aromatic hydroxyl groups is 1. The largest absolute Gasteiger partial charge is 0.508 e. The molecule has 236 valence electrons. The first kappa shape index (κ1) is 30.2. The number of fused-ring (bicyclic) bond motifs is 3. The van der Waals surface area contributed by atoms with Crippen LogP contribution >= 0.6 is 0 Å². The number of methoxy groups -OCH3 is 2. The molecule has 0 unspecified atom stereocenters. The van der Waals surface area contributed by atoms with Crippen LogP contribution in [-0.4, -0.2) is 42.7 Å². The van der Waals surface area contributed by atoms with Crippen molar-refractivity contribution in [2.45, 2.75) is 25.7 Å². The molecule has 0 spiro atoms. The molecule has 0 bridgehead atoms. The van der Waals surface area contributed by atoms with Gasteiger partial charge in [-0.05, 0) is 85.4 Å². The smallest absolute Gasteiger partial charge is 0.238 e. The first-order chi connectivity index (χ1) is 22.7. The summed E-state index contributed by atoms with van der Waals surface area (Å²) in [7, 11) is 3.21. The minimum Gasteiger partial charge on any atom is -0.508 e. The number of imide groups is 1. The molecule has 1 N–H and O–H groups in total. The minimum absolute atomic E-state index is 0.0436. The SMILES string of the molecule is COc1ccc(OC)c(C=Cc2ccc(N3C(=O)[C@H]4[C@H](CC=C5[C@H](c6cccc(O)c6)C6=C(C[C@H]54)C(=O)C=C(C)C6=O)C3=O)cc2)c1. The summed E-state index contributed by atoms with van der Waals surface area (Å²) in [5.41, 5.74) is 4.87. The van der Waals surface area contributed by atoms with Gasteiger partial charge in [0.15, 0.2) is 11.6 Å². The van der Waals surface area contributed by atoms with E-state index in [1.54, 1.807) is 51.5 Å². The van der Waals surface area contributed by atoms with Crippen LogP contribution in [0.4, 0.5) is 5.69 Å². The van der Waals surface area contributed by atoms with Crippen LogP contribution in [0.2, 0.25) is 0 Å². The zero-order valence-corrected chi connectivity index (χ0v) is 26.2. The number of phenolic OH excluding ortho intramolecular Hbond substituents is 1. The predicted molar refractivity (Wildman–Crippen MR) is 177 cm³/mol. The third-order valence-electron chi connectivity index (χ3n) is 9.81. The van der Waals surface area contributed by atoms with Crippen LogP contribution in [0.3, 0.4) is 0 Å². The summed E-state index contributed by atoms with van der Waals surface area (Å²) in [5.74, 6) is -1.86. The monoisotopic (exact) mass is 627 g/mol. The topological polar surface area (TPSA) is 110 Å². The lowest BCUT2D eigenvalue weighted by Gasteiger charge is -2.42. The zero-order chi connectivity index (χ0) is 33.0. The third kappa shape index (κ3) is 5.01. The molecule has 4 atom stereocenters. The summed E-state index contributed by atoms with van der Waals surface area (Å²) in [5, 5.41) is 10.3. The number of ether oxygens (including phenoxy) is 2. The van der Waals surface area contributed by atoms with Crippen LogP contribution < -0.4 is 14.4 Å². The molecule has 3 aromatic carbocycles. The lowest BCUT2D eigenvalue weighted by atomic mass is 9.59. The number of ketones is 2. The number of phenols is 1. The standard InChI is InChI=1S/C39H33NO7/c1-21-17-32(42)31-20-30-28(34(36(31)37(21)43)24-5-4-6-26(41)18-24)14-15-29-35(30)39(45)40(38(29)44)25-11-8-22(9-12-25)7-10-23-19-27(46-2)13-16-33(23)47-3/h4-14,16-19,29-30,34-35,41H,15,20H2,1-3H3/t29-,30+,34-,35-/m0/s1. The molecule has 0 saturated carbocycles. The van der Waals surface area contributed by atoms with Crippen molar-refractivity contribution >= 4 is 41.2 Å². The van der Waals surface area contributed by atoms with Crippen LogP contribution in [0.25, 0.3) is 12.2 Å². The zero-order valence-electron chi connectivity index (χ0n) is 26.2. The van der Waals surface area contributed by atoms with Gasteiger partial charge in [0, 0.05) is 28.2 Å². The van der Waals surface area contributed by atoms with Crippen molar-refractivity contribution in [3.05, 3.63) is 118 Å². The van der Waals surface area contributed by atoms with E-state index in [0.717, 1.165) is 16.7 Å². The summed E-state index contributed by atoms with van der Waals surface area (Å²) in [6.45, 7) is 1.63. The average Bonchev–Trinajstić information content (AvgIpc) is 3.34. The summed E-state index contributed by atoms with van der Waals surface area (Å²) < 4.78 is 10.8. The highest BCUT2D eigenvalue weighted by molar-refractivity contribution is 6.25. The Morgan fingerprint density at radius 1 is 0.872 bits per heavy atom. The minimum atomic E-state index is -0.675. The van der Waals surface area contributed by atoms with E-state index in [9.17, 15) is 24.3 Å². The molecule has 0 radical (unpaired) electrons. The van der Waals surface area contributed by atoms with Crippen molar-refractivity contribution in [1.82, 2.24) is 0 Å². The number of carbonyl (C=O) groups is 4. The number of benzene rings is 3. The van der Waals surface area contributed by atoms with Gasteiger partial charge in [0.2, 0.25) is 11.8 Å². The molecule has 4 aliphatic rings. The Morgan fingerprint density at radius 2 is 1.66 bits per heavy atom. The number of anilines is 1. The molecule has 8 nitrogen and oxygen atoms in total. The number of hydrogen-bond acceptors (Lipinski definition) is 7. The molecule has 1 saturated heterocycles. The molecule has 7 rings (SSSR count). The molecule has 0 aromatic heterocycles. The molecule has 3 aromatic rings. The van der Waals surface area contributed by atoms with Gasteiger partial charge < -0.3 is 14.6 Å². The van der Waals surface area contributed by atoms with Crippen molar-refractivity contribution < 1.29 is 33.8 Å². The second kappa shape index (κ2) is 11.7.